The van der Waals surface area contributed by atoms with Crippen molar-refractivity contribution in [3.05, 3.63) is 69.9 Å². The van der Waals surface area contributed by atoms with Gasteiger partial charge in [-0.1, -0.05) is 12.1 Å². The molecule has 128 valence electrons. The van der Waals surface area contributed by atoms with E-state index in [4.69, 9.17) is 4.74 Å². The Morgan fingerprint density at radius 1 is 1.36 bits per heavy atom. The van der Waals surface area contributed by atoms with E-state index < -0.39 is 23.3 Å². The van der Waals surface area contributed by atoms with Gasteiger partial charge < -0.3 is 9.84 Å². The second-order valence-electron chi connectivity index (χ2n) is 5.71. The van der Waals surface area contributed by atoms with Crippen molar-refractivity contribution in [2.75, 3.05) is 7.11 Å². The third-order valence-electron chi connectivity index (χ3n) is 4.02. The number of pyridine rings is 2. The second-order valence-corrected chi connectivity index (χ2v) is 5.71. The van der Waals surface area contributed by atoms with Crippen LogP contribution in [0.15, 0.2) is 47.7 Å². The molecule has 25 heavy (non-hydrogen) atoms. The van der Waals surface area contributed by atoms with E-state index in [2.05, 4.69) is 9.97 Å². The third kappa shape index (κ3) is 3.21. The molecule has 1 N–H and O–H groups in total. The van der Waals surface area contributed by atoms with Gasteiger partial charge in [-0.15, -0.1) is 0 Å². The fourth-order valence-corrected chi connectivity index (χ4v) is 2.77. The summed E-state index contributed by atoms with van der Waals surface area (Å²) in [6.07, 6.45) is 4.68. The number of aromatic hydroxyl groups is 1. The molecule has 7 heteroatoms. The van der Waals surface area contributed by atoms with Gasteiger partial charge in [0.2, 0.25) is 5.88 Å². The minimum absolute atomic E-state index is 0.0431. The lowest BCUT2D eigenvalue weighted by Crippen LogP contribution is -2.24. The van der Waals surface area contributed by atoms with Gasteiger partial charge in [0.1, 0.15) is 5.65 Å². The summed E-state index contributed by atoms with van der Waals surface area (Å²) in [6.45, 7) is 1.85. The summed E-state index contributed by atoms with van der Waals surface area (Å²) in [5.41, 5.74) is 1.44. The first-order valence-electron chi connectivity index (χ1n) is 7.70. The van der Waals surface area contributed by atoms with Crippen LogP contribution in [0.4, 0.5) is 0 Å². The largest absolute Gasteiger partial charge is 0.493 e. The molecule has 0 amide bonds. The van der Waals surface area contributed by atoms with Crippen LogP contribution in [0.25, 0.3) is 5.65 Å². The van der Waals surface area contributed by atoms with E-state index in [1.807, 2.05) is 6.92 Å². The fraction of sp³-hybridized carbons (Fsp3) is 0.222. The lowest BCUT2D eigenvalue weighted by atomic mass is 9.90. The number of carbonyl (C=O) groups excluding carboxylic acids is 1. The van der Waals surface area contributed by atoms with Crippen LogP contribution in [0.3, 0.4) is 0 Å². The smallest absolute Gasteiger partial charge is 0.306 e. The molecule has 0 radical (unpaired) electrons. The number of hydrogen-bond donors (Lipinski definition) is 1. The fourth-order valence-electron chi connectivity index (χ4n) is 2.77. The van der Waals surface area contributed by atoms with Crippen LogP contribution in [0, 0.1) is 6.92 Å². The quantitative estimate of drug-likeness (QED) is 0.729. The number of methoxy groups -OCH3 is 1. The van der Waals surface area contributed by atoms with E-state index in [1.165, 1.54) is 11.5 Å². The number of esters is 1. The van der Waals surface area contributed by atoms with Crippen LogP contribution in [-0.4, -0.2) is 32.6 Å². The average molecular weight is 339 g/mol. The van der Waals surface area contributed by atoms with Crippen molar-refractivity contribution in [2.45, 2.75) is 19.3 Å². The molecule has 0 aliphatic heterocycles. The van der Waals surface area contributed by atoms with Crippen molar-refractivity contribution >= 4 is 11.6 Å². The number of fused-ring (bicyclic) bond motifs is 1. The van der Waals surface area contributed by atoms with Crippen LogP contribution in [0.5, 0.6) is 5.88 Å². The molecule has 3 heterocycles. The zero-order valence-electron chi connectivity index (χ0n) is 13.8. The summed E-state index contributed by atoms with van der Waals surface area (Å²) >= 11 is 0. The topological polar surface area (TPSA) is 93.8 Å². The van der Waals surface area contributed by atoms with Gasteiger partial charge >= 0.3 is 5.97 Å². The predicted molar refractivity (Wildman–Crippen MR) is 90.6 cm³/mol. The maximum atomic E-state index is 13.0. The molecule has 0 aliphatic rings. The molecule has 3 aromatic rings. The van der Waals surface area contributed by atoms with Crippen molar-refractivity contribution in [2.24, 2.45) is 0 Å². The number of hydrogen-bond acceptors (Lipinski definition) is 6. The Morgan fingerprint density at radius 3 is 2.84 bits per heavy atom. The lowest BCUT2D eigenvalue weighted by Gasteiger charge is -2.17. The van der Waals surface area contributed by atoms with Crippen molar-refractivity contribution in [1.82, 2.24) is 14.4 Å². The van der Waals surface area contributed by atoms with Gasteiger partial charge in [0.25, 0.3) is 5.56 Å². The summed E-state index contributed by atoms with van der Waals surface area (Å²) in [6, 6.07) is 6.89. The highest BCUT2D eigenvalue weighted by Gasteiger charge is 2.27. The highest BCUT2D eigenvalue weighted by Crippen LogP contribution is 2.30. The molecule has 0 saturated heterocycles. The third-order valence-corrected chi connectivity index (χ3v) is 4.02. The monoisotopic (exact) mass is 339 g/mol. The average Bonchev–Trinajstić information content (AvgIpc) is 2.62. The molecule has 3 rings (SSSR count). The van der Waals surface area contributed by atoms with Crippen LogP contribution in [-0.2, 0) is 9.53 Å². The zero-order valence-corrected chi connectivity index (χ0v) is 13.8. The highest BCUT2D eigenvalue weighted by molar-refractivity contribution is 5.71. The molecule has 0 bridgehead atoms. The Kier molecular flexibility index (Phi) is 4.47. The first kappa shape index (κ1) is 16.6. The van der Waals surface area contributed by atoms with Crippen LogP contribution in [0.2, 0.25) is 0 Å². The number of aryl methyl sites for hydroxylation is 1. The van der Waals surface area contributed by atoms with Gasteiger partial charge in [0.15, 0.2) is 0 Å². The zero-order chi connectivity index (χ0) is 18.0. The molecule has 0 saturated carbocycles. The van der Waals surface area contributed by atoms with Crippen molar-refractivity contribution in [1.29, 1.82) is 0 Å². The molecular weight excluding hydrogens is 322 g/mol. The normalized spacial score (nSPS) is 12.1. The Morgan fingerprint density at radius 2 is 2.16 bits per heavy atom. The highest BCUT2D eigenvalue weighted by atomic mass is 16.5. The van der Waals surface area contributed by atoms with Crippen molar-refractivity contribution in [3.63, 3.8) is 0 Å². The number of carbonyl (C=O) groups is 1. The van der Waals surface area contributed by atoms with E-state index in [9.17, 15) is 14.7 Å². The summed E-state index contributed by atoms with van der Waals surface area (Å²) < 4.78 is 6.11. The summed E-state index contributed by atoms with van der Waals surface area (Å²) in [4.78, 5) is 33.0. The van der Waals surface area contributed by atoms with E-state index in [1.54, 1.807) is 42.9 Å². The molecule has 1 atom stereocenters. The van der Waals surface area contributed by atoms with E-state index in [0.717, 1.165) is 5.56 Å². The minimum atomic E-state index is -0.710. The van der Waals surface area contributed by atoms with E-state index >= 15 is 0 Å². The molecule has 0 aliphatic carbocycles. The Bertz CT molecular complexity index is 983. The lowest BCUT2D eigenvalue weighted by molar-refractivity contribution is -0.140. The number of aromatic nitrogens is 3. The molecular formula is C18H17N3O4. The molecule has 3 aromatic heterocycles. The summed E-state index contributed by atoms with van der Waals surface area (Å²) in [5.74, 6) is -1.60. The molecule has 0 aromatic carbocycles. The summed E-state index contributed by atoms with van der Waals surface area (Å²) in [5, 5.41) is 10.4. The van der Waals surface area contributed by atoms with Crippen LogP contribution < -0.4 is 5.56 Å². The Balaban J connectivity index is 2.25. The van der Waals surface area contributed by atoms with Gasteiger partial charge in [-0.05, 0) is 30.2 Å². The minimum Gasteiger partial charge on any atom is -0.493 e. The van der Waals surface area contributed by atoms with Gasteiger partial charge in [-0.3, -0.25) is 19.0 Å². The molecule has 7 nitrogen and oxygen atoms in total. The van der Waals surface area contributed by atoms with Crippen molar-refractivity contribution in [3.8, 4) is 5.88 Å². The predicted octanol–water partition coefficient (Wildman–Crippen LogP) is 1.80. The molecule has 0 spiro atoms. The first-order chi connectivity index (χ1) is 12.0. The number of nitrogens with zero attached hydrogens (tertiary/aromatic N) is 3. The number of rotatable bonds is 4. The first-order valence-corrected chi connectivity index (χ1v) is 7.70. The van der Waals surface area contributed by atoms with Gasteiger partial charge in [0.05, 0.1) is 19.1 Å². The van der Waals surface area contributed by atoms with Crippen molar-refractivity contribution < 1.29 is 14.6 Å². The second kappa shape index (κ2) is 6.72. The molecule has 0 unspecified atom stereocenters. The maximum Gasteiger partial charge on any atom is 0.306 e. The van der Waals surface area contributed by atoms with E-state index in [0.29, 0.717) is 11.2 Å². The van der Waals surface area contributed by atoms with Gasteiger partial charge in [0, 0.05) is 24.5 Å². The Labute approximate surface area is 143 Å². The van der Waals surface area contributed by atoms with Gasteiger partial charge in [-0.2, -0.15) is 4.98 Å². The van der Waals surface area contributed by atoms with Crippen LogP contribution in [0.1, 0.15) is 29.0 Å². The maximum absolute atomic E-state index is 13.0. The summed E-state index contributed by atoms with van der Waals surface area (Å²) in [7, 11) is 1.28. The van der Waals surface area contributed by atoms with Gasteiger partial charge in [-0.25, -0.2) is 0 Å². The SMILES string of the molecule is COC(=O)C[C@@H](c1cccnc1)c1c(O)nc2ccc(C)cn2c1=O. The van der Waals surface area contributed by atoms with Crippen LogP contribution >= 0.6 is 0 Å². The number of ether oxygens (including phenoxy) is 1. The van der Waals surface area contributed by atoms with E-state index in [-0.39, 0.29) is 12.0 Å². The Hall–Kier alpha value is -3.22. The molecule has 0 fully saturated rings. The standard InChI is InChI=1S/C18H17N3O4/c1-11-5-6-14-20-17(23)16(18(24)21(14)10-11)13(8-15(22)25-2)12-4-3-7-19-9-12/h3-7,9-10,13,23H,8H2,1-2H3/t13-/m0/s1.